The number of halogens is 1. The van der Waals surface area contributed by atoms with E-state index in [0.29, 0.717) is 13.0 Å². The molecule has 3 unspecified atom stereocenters. The molecule has 3 atom stereocenters. The molecular formula is C18H26ClN3O2S. The maximum absolute atomic E-state index is 12.6. The molecule has 2 heterocycles. The Balaban J connectivity index is 0.00000225. The van der Waals surface area contributed by atoms with E-state index in [0.717, 1.165) is 25.1 Å². The summed E-state index contributed by atoms with van der Waals surface area (Å²) in [7, 11) is 0. The number of anilines is 1. The van der Waals surface area contributed by atoms with E-state index in [-0.39, 0.29) is 42.2 Å². The van der Waals surface area contributed by atoms with Gasteiger partial charge in [-0.1, -0.05) is 0 Å². The first-order valence-electron chi connectivity index (χ1n) is 8.56. The average Bonchev–Trinajstić information content (AvgIpc) is 2.99. The number of piperidine rings is 1. The highest BCUT2D eigenvalue weighted by Gasteiger charge is 2.36. The van der Waals surface area contributed by atoms with Gasteiger partial charge in [0.15, 0.2) is 0 Å². The van der Waals surface area contributed by atoms with Gasteiger partial charge in [0.2, 0.25) is 11.8 Å². The van der Waals surface area contributed by atoms with Gasteiger partial charge in [0.25, 0.3) is 0 Å². The molecule has 0 aromatic heterocycles. The van der Waals surface area contributed by atoms with Gasteiger partial charge in [-0.2, -0.15) is 0 Å². The van der Waals surface area contributed by atoms with Crippen LogP contribution in [-0.2, 0) is 9.59 Å². The van der Waals surface area contributed by atoms with E-state index in [9.17, 15) is 9.59 Å². The molecule has 2 amide bonds. The largest absolute Gasteiger partial charge is 0.352 e. The predicted molar refractivity (Wildman–Crippen MR) is 105 cm³/mol. The Morgan fingerprint density at radius 2 is 2.04 bits per heavy atom. The van der Waals surface area contributed by atoms with Gasteiger partial charge in [-0.15, -0.1) is 24.2 Å². The van der Waals surface area contributed by atoms with Crippen molar-refractivity contribution in [3.8, 4) is 0 Å². The van der Waals surface area contributed by atoms with Crippen LogP contribution in [0.25, 0.3) is 0 Å². The Morgan fingerprint density at radius 3 is 2.68 bits per heavy atom. The Labute approximate surface area is 159 Å². The van der Waals surface area contributed by atoms with Crippen molar-refractivity contribution in [2.75, 3.05) is 24.2 Å². The Morgan fingerprint density at radius 1 is 1.32 bits per heavy atom. The molecule has 5 nitrogen and oxygen atoms in total. The molecular weight excluding hydrogens is 358 g/mol. The molecule has 0 radical (unpaired) electrons. The van der Waals surface area contributed by atoms with Gasteiger partial charge in [-0.3, -0.25) is 9.59 Å². The zero-order valence-electron chi connectivity index (χ0n) is 14.7. The highest BCUT2D eigenvalue weighted by Crippen LogP contribution is 2.27. The lowest BCUT2D eigenvalue weighted by Crippen LogP contribution is -2.53. The SMILES string of the molecule is CSc1ccc(N2CC(C(=O)NC3CCCNC3C)CC2=O)cc1.Cl. The summed E-state index contributed by atoms with van der Waals surface area (Å²) in [6.45, 7) is 3.58. The first kappa shape index (κ1) is 20.1. The van der Waals surface area contributed by atoms with Crippen molar-refractivity contribution in [2.45, 2.75) is 43.2 Å². The molecule has 0 bridgehead atoms. The lowest BCUT2D eigenvalue weighted by atomic mass is 9.98. The number of thioether (sulfide) groups is 1. The zero-order chi connectivity index (χ0) is 17.1. The number of nitrogens with zero attached hydrogens (tertiary/aromatic N) is 1. The fraction of sp³-hybridized carbons (Fsp3) is 0.556. The van der Waals surface area contributed by atoms with E-state index in [1.54, 1.807) is 16.7 Å². The van der Waals surface area contributed by atoms with Crippen LogP contribution in [0, 0.1) is 5.92 Å². The Bertz CT molecular complexity index is 611. The number of amides is 2. The normalized spacial score (nSPS) is 26.2. The van der Waals surface area contributed by atoms with E-state index in [1.165, 1.54) is 4.90 Å². The number of hydrogen-bond acceptors (Lipinski definition) is 4. The summed E-state index contributed by atoms with van der Waals surface area (Å²) in [6, 6.07) is 8.38. The van der Waals surface area contributed by atoms with Crippen LogP contribution in [0.1, 0.15) is 26.2 Å². The number of rotatable bonds is 4. The second-order valence-corrected chi connectivity index (χ2v) is 7.48. The van der Waals surface area contributed by atoms with Crippen LogP contribution in [0.4, 0.5) is 5.69 Å². The number of benzene rings is 1. The standard InChI is InChI=1S/C18H25N3O2S.ClH/c1-12-16(4-3-9-19-12)20-18(23)13-10-17(22)21(11-13)14-5-7-15(24-2)8-6-14;/h5-8,12-13,16,19H,3-4,9-11H2,1-2H3,(H,20,23);1H. The van der Waals surface area contributed by atoms with Crippen LogP contribution in [0.2, 0.25) is 0 Å². The lowest BCUT2D eigenvalue weighted by Gasteiger charge is -2.31. The maximum Gasteiger partial charge on any atom is 0.227 e. The van der Waals surface area contributed by atoms with E-state index in [4.69, 9.17) is 0 Å². The number of carbonyl (C=O) groups excluding carboxylic acids is 2. The fourth-order valence-corrected chi connectivity index (χ4v) is 3.84. The van der Waals surface area contributed by atoms with Crippen molar-refractivity contribution in [3.05, 3.63) is 24.3 Å². The van der Waals surface area contributed by atoms with Crippen LogP contribution in [0.3, 0.4) is 0 Å². The highest BCUT2D eigenvalue weighted by atomic mass is 35.5. The quantitative estimate of drug-likeness (QED) is 0.784. The van der Waals surface area contributed by atoms with Crippen LogP contribution in [-0.4, -0.2) is 43.2 Å². The number of carbonyl (C=O) groups is 2. The number of nitrogens with one attached hydrogen (secondary N) is 2. The van der Waals surface area contributed by atoms with Gasteiger partial charge in [-0.25, -0.2) is 0 Å². The van der Waals surface area contributed by atoms with Crippen molar-refractivity contribution in [1.29, 1.82) is 0 Å². The van der Waals surface area contributed by atoms with Crippen molar-refractivity contribution in [3.63, 3.8) is 0 Å². The van der Waals surface area contributed by atoms with Gasteiger partial charge in [0, 0.05) is 35.6 Å². The van der Waals surface area contributed by atoms with Crippen LogP contribution >= 0.6 is 24.2 Å². The molecule has 0 aliphatic carbocycles. The van der Waals surface area contributed by atoms with Gasteiger partial charge >= 0.3 is 0 Å². The third-order valence-electron chi connectivity index (χ3n) is 4.97. The third-order valence-corrected chi connectivity index (χ3v) is 5.71. The summed E-state index contributed by atoms with van der Waals surface area (Å²) in [6.07, 6.45) is 4.40. The topological polar surface area (TPSA) is 61.4 Å². The van der Waals surface area contributed by atoms with Crippen molar-refractivity contribution >= 4 is 41.7 Å². The molecule has 2 N–H and O–H groups in total. The monoisotopic (exact) mass is 383 g/mol. The van der Waals surface area contributed by atoms with Crippen LogP contribution in [0.15, 0.2) is 29.2 Å². The molecule has 25 heavy (non-hydrogen) atoms. The second kappa shape index (κ2) is 8.92. The predicted octanol–water partition coefficient (Wildman–Crippen LogP) is 2.44. The molecule has 3 rings (SSSR count). The maximum atomic E-state index is 12.6. The molecule has 2 aliphatic heterocycles. The van der Waals surface area contributed by atoms with E-state index in [1.807, 2.05) is 30.5 Å². The Hall–Kier alpha value is -1.24. The van der Waals surface area contributed by atoms with Gasteiger partial charge in [0.05, 0.1) is 5.92 Å². The fourth-order valence-electron chi connectivity index (χ4n) is 3.44. The average molecular weight is 384 g/mol. The minimum Gasteiger partial charge on any atom is -0.352 e. The van der Waals surface area contributed by atoms with Crippen molar-refractivity contribution < 1.29 is 9.59 Å². The van der Waals surface area contributed by atoms with Gasteiger partial charge in [-0.05, 0) is 56.8 Å². The zero-order valence-corrected chi connectivity index (χ0v) is 16.3. The van der Waals surface area contributed by atoms with E-state index >= 15 is 0 Å². The lowest BCUT2D eigenvalue weighted by molar-refractivity contribution is -0.127. The summed E-state index contributed by atoms with van der Waals surface area (Å²) in [5.74, 6) is -0.221. The summed E-state index contributed by atoms with van der Waals surface area (Å²) < 4.78 is 0. The summed E-state index contributed by atoms with van der Waals surface area (Å²) in [5, 5.41) is 6.53. The summed E-state index contributed by atoms with van der Waals surface area (Å²) in [5.41, 5.74) is 0.876. The van der Waals surface area contributed by atoms with Gasteiger partial charge in [0.1, 0.15) is 0 Å². The highest BCUT2D eigenvalue weighted by molar-refractivity contribution is 7.98. The number of hydrogen-bond donors (Lipinski definition) is 2. The molecule has 2 saturated heterocycles. The summed E-state index contributed by atoms with van der Waals surface area (Å²) >= 11 is 1.67. The van der Waals surface area contributed by atoms with Crippen LogP contribution in [0.5, 0.6) is 0 Å². The Kier molecular flexibility index (Phi) is 7.16. The smallest absolute Gasteiger partial charge is 0.227 e. The molecule has 0 saturated carbocycles. The molecule has 7 heteroatoms. The summed E-state index contributed by atoms with van der Waals surface area (Å²) in [4.78, 5) is 27.8. The van der Waals surface area contributed by atoms with Crippen molar-refractivity contribution in [1.82, 2.24) is 10.6 Å². The minimum atomic E-state index is -0.258. The molecule has 2 fully saturated rings. The van der Waals surface area contributed by atoms with E-state index < -0.39 is 0 Å². The molecule has 1 aromatic carbocycles. The first-order chi connectivity index (χ1) is 11.6. The van der Waals surface area contributed by atoms with Crippen LogP contribution < -0.4 is 15.5 Å². The third kappa shape index (κ3) is 4.68. The molecule has 2 aliphatic rings. The molecule has 1 aromatic rings. The first-order valence-corrected chi connectivity index (χ1v) is 9.79. The van der Waals surface area contributed by atoms with Gasteiger partial charge < -0.3 is 15.5 Å². The van der Waals surface area contributed by atoms with Crippen molar-refractivity contribution in [2.24, 2.45) is 5.92 Å². The second-order valence-electron chi connectivity index (χ2n) is 6.60. The minimum absolute atomic E-state index is 0. The van der Waals surface area contributed by atoms with E-state index in [2.05, 4.69) is 17.6 Å². The molecule has 0 spiro atoms. The molecule has 138 valence electrons.